The molecule has 0 bridgehead atoms. The lowest BCUT2D eigenvalue weighted by atomic mass is 10.2. The van der Waals surface area contributed by atoms with Gasteiger partial charge in [-0.05, 0) is 12.1 Å². The molecule has 0 saturated heterocycles. The van der Waals surface area contributed by atoms with Crippen LogP contribution in [0.5, 0.6) is 0 Å². The molecule has 2 N–H and O–H groups in total. The number of carboxylic acid groups (broad SMARTS) is 1. The van der Waals surface area contributed by atoms with E-state index in [0.717, 1.165) is 0 Å². The number of carbonyl (C=O) groups is 1. The number of hydrogen-bond acceptors (Lipinski definition) is 5. The largest absolute Gasteiger partial charge is 0.478 e. The lowest BCUT2D eigenvalue weighted by Gasteiger charge is -2.08. The lowest BCUT2D eigenvalue weighted by molar-refractivity contribution is 0.0696. The second-order valence-electron chi connectivity index (χ2n) is 3.83. The molecule has 21 heavy (non-hydrogen) atoms. The average molecular weight is 334 g/mol. The Labute approximate surface area is 122 Å². The summed E-state index contributed by atoms with van der Waals surface area (Å²) in [4.78, 5) is 13.5. The number of rotatable bonds is 5. The predicted octanol–water partition coefficient (Wildman–Crippen LogP) is 1.60. The number of aromatic carboxylic acids is 1. The second kappa shape index (κ2) is 5.84. The summed E-state index contributed by atoms with van der Waals surface area (Å²) in [5.41, 5.74) is -0.663. The van der Waals surface area contributed by atoms with Gasteiger partial charge in [-0.3, -0.25) is 0 Å². The van der Waals surface area contributed by atoms with Crippen LogP contribution in [0, 0.1) is 11.6 Å². The fraction of sp³-hybridized carbons (Fsp3) is 0.0909. The Morgan fingerprint density at radius 3 is 2.67 bits per heavy atom. The fourth-order valence-electron chi connectivity index (χ4n) is 1.46. The Bertz CT molecular complexity index is 776. The van der Waals surface area contributed by atoms with Gasteiger partial charge in [-0.2, -0.15) is 0 Å². The molecule has 0 atom stereocenters. The van der Waals surface area contributed by atoms with Crippen molar-refractivity contribution in [1.82, 2.24) is 9.71 Å². The highest BCUT2D eigenvalue weighted by Gasteiger charge is 2.24. The maximum Gasteiger partial charge on any atom is 0.335 e. The van der Waals surface area contributed by atoms with Gasteiger partial charge in [0.05, 0.1) is 12.1 Å². The Morgan fingerprint density at radius 2 is 2.10 bits per heavy atom. The molecule has 2 rings (SSSR count). The number of thiazole rings is 1. The van der Waals surface area contributed by atoms with Crippen molar-refractivity contribution in [3.05, 3.63) is 45.9 Å². The smallest absolute Gasteiger partial charge is 0.335 e. The van der Waals surface area contributed by atoms with Crippen LogP contribution in [0.25, 0.3) is 0 Å². The van der Waals surface area contributed by atoms with Gasteiger partial charge < -0.3 is 5.11 Å². The summed E-state index contributed by atoms with van der Waals surface area (Å²) in [5.74, 6) is -4.75. The van der Waals surface area contributed by atoms with Crippen molar-refractivity contribution in [1.29, 1.82) is 0 Å². The molecule has 0 aliphatic rings. The van der Waals surface area contributed by atoms with Crippen molar-refractivity contribution >= 4 is 27.3 Å². The molecule has 0 amide bonds. The lowest BCUT2D eigenvalue weighted by Crippen LogP contribution is -2.25. The normalized spacial score (nSPS) is 11.5. The molecule has 0 aliphatic carbocycles. The monoisotopic (exact) mass is 334 g/mol. The summed E-state index contributed by atoms with van der Waals surface area (Å²) < 4.78 is 52.8. The van der Waals surface area contributed by atoms with E-state index in [4.69, 9.17) is 5.11 Å². The van der Waals surface area contributed by atoms with E-state index in [1.807, 2.05) is 4.72 Å². The first-order valence-electron chi connectivity index (χ1n) is 5.41. The topological polar surface area (TPSA) is 96.4 Å². The van der Waals surface area contributed by atoms with Gasteiger partial charge in [-0.25, -0.2) is 31.7 Å². The number of carboxylic acids is 1. The van der Waals surface area contributed by atoms with Crippen LogP contribution in [-0.4, -0.2) is 24.5 Å². The molecule has 0 fully saturated rings. The number of halogens is 2. The van der Waals surface area contributed by atoms with Crippen molar-refractivity contribution in [2.24, 2.45) is 0 Å². The van der Waals surface area contributed by atoms with Crippen molar-refractivity contribution in [3.63, 3.8) is 0 Å². The molecule has 1 heterocycles. The number of hydrogen-bond donors (Lipinski definition) is 2. The maximum atomic E-state index is 13.6. The Hall–Kier alpha value is -1.91. The number of sulfonamides is 1. The van der Waals surface area contributed by atoms with Crippen LogP contribution in [0.1, 0.15) is 15.4 Å². The molecule has 0 aliphatic heterocycles. The molecule has 0 spiro atoms. The number of aromatic nitrogens is 1. The number of nitrogens with zero attached hydrogens (tertiary/aromatic N) is 1. The summed E-state index contributed by atoms with van der Waals surface area (Å²) >= 11 is 1.17. The van der Waals surface area contributed by atoms with E-state index in [-0.39, 0.29) is 6.54 Å². The van der Waals surface area contributed by atoms with E-state index in [1.165, 1.54) is 17.5 Å². The first-order chi connectivity index (χ1) is 9.81. The molecule has 6 nitrogen and oxygen atoms in total. The Kier molecular flexibility index (Phi) is 4.30. The van der Waals surface area contributed by atoms with Gasteiger partial charge in [-0.15, -0.1) is 11.3 Å². The highest BCUT2D eigenvalue weighted by atomic mass is 32.2. The predicted molar refractivity (Wildman–Crippen MR) is 69.5 cm³/mol. The van der Waals surface area contributed by atoms with Crippen LogP contribution >= 0.6 is 11.3 Å². The zero-order chi connectivity index (χ0) is 15.6. The molecule has 1 aromatic carbocycles. The Morgan fingerprint density at radius 1 is 1.38 bits per heavy atom. The van der Waals surface area contributed by atoms with Crippen LogP contribution < -0.4 is 4.72 Å². The van der Waals surface area contributed by atoms with E-state index in [2.05, 4.69) is 4.98 Å². The van der Waals surface area contributed by atoms with E-state index in [0.29, 0.717) is 17.1 Å². The minimum atomic E-state index is -4.41. The van der Waals surface area contributed by atoms with E-state index in [9.17, 15) is 22.0 Å². The van der Waals surface area contributed by atoms with Crippen molar-refractivity contribution in [2.75, 3.05) is 0 Å². The van der Waals surface area contributed by atoms with Gasteiger partial charge in [-0.1, -0.05) is 0 Å². The quantitative estimate of drug-likeness (QED) is 0.866. The van der Waals surface area contributed by atoms with Crippen LogP contribution in [0.4, 0.5) is 8.78 Å². The standard InChI is InChI=1S/C11H8F2N2O4S2/c12-7-3-6(11(16)17)4-8(10(7)13)21(18,19)15-5-9-14-1-2-20-9/h1-4,15H,5H2,(H,16,17). The van der Waals surface area contributed by atoms with Gasteiger partial charge in [0, 0.05) is 11.6 Å². The first-order valence-corrected chi connectivity index (χ1v) is 7.78. The van der Waals surface area contributed by atoms with Crippen LogP contribution in [-0.2, 0) is 16.6 Å². The van der Waals surface area contributed by atoms with Crippen LogP contribution in [0.2, 0.25) is 0 Å². The first kappa shape index (κ1) is 15.5. The highest BCUT2D eigenvalue weighted by molar-refractivity contribution is 7.89. The molecule has 112 valence electrons. The van der Waals surface area contributed by atoms with Crippen molar-refractivity contribution in [2.45, 2.75) is 11.4 Å². The van der Waals surface area contributed by atoms with Crippen molar-refractivity contribution in [3.8, 4) is 0 Å². The van der Waals surface area contributed by atoms with E-state index in [1.54, 1.807) is 5.38 Å². The summed E-state index contributed by atoms with van der Waals surface area (Å²) in [6.45, 7) is -0.210. The minimum absolute atomic E-state index is 0.210. The molecular formula is C11H8F2N2O4S2. The third-order valence-electron chi connectivity index (χ3n) is 2.43. The molecule has 0 saturated carbocycles. The zero-order valence-corrected chi connectivity index (χ0v) is 11.8. The Balaban J connectivity index is 2.37. The van der Waals surface area contributed by atoms with Crippen LogP contribution in [0.3, 0.4) is 0 Å². The van der Waals surface area contributed by atoms with Crippen molar-refractivity contribution < 1.29 is 27.1 Å². The van der Waals surface area contributed by atoms with Gasteiger partial charge >= 0.3 is 5.97 Å². The molecule has 0 radical (unpaired) electrons. The third-order valence-corrected chi connectivity index (χ3v) is 4.61. The average Bonchev–Trinajstić information content (AvgIpc) is 2.92. The second-order valence-corrected chi connectivity index (χ2v) is 6.54. The van der Waals surface area contributed by atoms with E-state index >= 15 is 0 Å². The maximum absolute atomic E-state index is 13.6. The molecule has 1 aromatic heterocycles. The van der Waals surface area contributed by atoms with Gasteiger partial charge in [0.2, 0.25) is 10.0 Å². The third kappa shape index (κ3) is 3.40. The highest BCUT2D eigenvalue weighted by Crippen LogP contribution is 2.20. The number of nitrogens with one attached hydrogen (secondary N) is 1. The molecule has 2 aromatic rings. The van der Waals surface area contributed by atoms with Gasteiger partial charge in [0.1, 0.15) is 9.90 Å². The van der Waals surface area contributed by atoms with E-state index < -0.39 is 38.1 Å². The minimum Gasteiger partial charge on any atom is -0.478 e. The molecule has 10 heteroatoms. The molecular weight excluding hydrogens is 326 g/mol. The summed E-state index contributed by atoms with van der Waals surface area (Å²) in [6, 6.07) is 0.975. The fourth-order valence-corrected chi connectivity index (χ4v) is 3.20. The van der Waals surface area contributed by atoms with Crippen LogP contribution in [0.15, 0.2) is 28.6 Å². The van der Waals surface area contributed by atoms with Gasteiger partial charge in [0.15, 0.2) is 11.6 Å². The summed E-state index contributed by atoms with van der Waals surface area (Å²) in [7, 11) is -4.41. The molecule has 0 unspecified atom stereocenters. The zero-order valence-electron chi connectivity index (χ0n) is 10.2. The van der Waals surface area contributed by atoms with Gasteiger partial charge in [0.25, 0.3) is 0 Å². The summed E-state index contributed by atoms with van der Waals surface area (Å²) in [5, 5.41) is 10.8. The number of benzene rings is 1. The summed E-state index contributed by atoms with van der Waals surface area (Å²) in [6.07, 6.45) is 1.46. The SMILES string of the molecule is O=C(O)c1cc(F)c(F)c(S(=O)(=O)NCc2nccs2)c1.